The van der Waals surface area contributed by atoms with E-state index in [-0.39, 0.29) is 5.84 Å². The Bertz CT molecular complexity index is 596. The van der Waals surface area contributed by atoms with Crippen LogP contribution >= 0.6 is 11.8 Å². The first-order valence-corrected chi connectivity index (χ1v) is 5.93. The number of hydrogen-bond acceptors (Lipinski definition) is 4. The van der Waals surface area contributed by atoms with Crippen LogP contribution in [0.4, 0.5) is 4.39 Å². The van der Waals surface area contributed by atoms with Crippen molar-refractivity contribution in [3.8, 4) is 0 Å². The molecule has 0 saturated carbocycles. The number of rotatable bonds is 3. The number of benzene rings is 1. The summed E-state index contributed by atoms with van der Waals surface area (Å²) >= 11 is 1.37. The number of furan rings is 1. The van der Waals surface area contributed by atoms with Crippen LogP contribution in [0.15, 0.2) is 49.9 Å². The molecule has 3 N–H and O–H groups in total. The second-order valence-corrected chi connectivity index (χ2v) is 4.65. The summed E-state index contributed by atoms with van der Waals surface area (Å²) in [6, 6.07) is 5.94. The quantitative estimate of drug-likeness (QED) is 0.388. The number of amidine groups is 1. The topological polar surface area (TPSA) is 71.8 Å². The zero-order valence-corrected chi connectivity index (χ0v) is 10.4. The highest BCUT2D eigenvalue weighted by Gasteiger charge is 2.12. The van der Waals surface area contributed by atoms with Crippen LogP contribution < -0.4 is 5.73 Å². The number of aryl methyl sites for hydroxylation is 1. The van der Waals surface area contributed by atoms with Gasteiger partial charge in [0.2, 0.25) is 0 Å². The van der Waals surface area contributed by atoms with E-state index in [4.69, 9.17) is 15.4 Å². The molecule has 0 aliphatic rings. The summed E-state index contributed by atoms with van der Waals surface area (Å²) in [6.07, 6.45) is 1.57. The van der Waals surface area contributed by atoms with Crippen LogP contribution in [0, 0.1) is 12.7 Å². The Kier molecular flexibility index (Phi) is 3.57. The lowest BCUT2D eigenvalue weighted by molar-refractivity contribution is 0.318. The third-order valence-corrected chi connectivity index (χ3v) is 3.58. The average Bonchev–Trinajstić information content (AvgIpc) is 2.76. The van der Waals surface area contributed by atoms with Crippen LogP contribution in [0.1, 0.15) is 11.3 Å². The fraction of sp³-hybridized carbons (Fsp3) is 0.0833. The normalized spacial score (nSPS) is 11.8. The van der Waals surface area contributed by atoms with Crippen molar-refractivity contribution in [3.63, 3.8) is 0 Å². The van der Waals surface area contributed by atoms with Crippen LogP contribution in [0.25, 0.3) is 0 Å². The highest BCUT2D eigenvalue weighted by molar-refractivity contribution is 7.99. The number of nitrogens with zero attached hydrogens (tertiary/aromatic N) is 1. The summed E-state index contributed by atoms with van der Waals surface area (Å²) < 4.78 is 18.4. The number of nitrogens with two attached hydrogens (primary N) is 1. The summed E-state index contributed by atoms with van der Waals surface area (Å²) in [5, 5.41) is 11.6. The highest BCUT2D eigenvalue weighted by atomic mass is 32.2. The number of hydrogen-bond donors (Lipinski definition) is 2. The highest BCUT2D eigenvalue weighted by Crippen LogP contribution is 2.33. The van der Waals surface area contributed by atoms with Gasteiger partial charge in [-0.3, -0.25) is 0 Å². The first-order valence-electron chi connectivity index (χ1n) is 5.11. The maximum Gasteiger partial charge on any atom is 0.171 e. The van der Waals surface area contributed by atoms with Crippen LogP contribution in [-0.2, 0) is 0 Å². The van der Waals surface area contributed by atoms with Crippen molar-refractivity contribution in [2.75, 3.05) is 0 Å². The maximum absolute atomic E-state index is 13.2. The van der Waals surface area contributed by atoms with Crippen molar-refractivity contribution in [1.82, 2.24) is 0 Å². The summed E-state index contributed by atoms with van der Waals surface area (Å²) in [7, 11) is 0. The van der Waals surface area contributed by atoms with Gasteiger partial charge in [-0.15, -0.1) is 0 Å². The van der Waals surface area contributed by atoms with E-state index in [9.17, 15) is 4.39 Å². The first kappa shape index (κ1) is 12.5. The van der Waals surface area contributed by atoms with Crippen molar-refractivity contribution in [1.29, 1.82) is 0 Å². The Balaban J connectivity index is 2.42. The molecule has 0 aliphatic carbocycles. The van der Waals surface area contributed by atoms with Gasteiger partial charge in [-0.25, -0.2) is 4.39 Å². The molecule has 0 atom stereocenters. The standard InChI is InChI=1S/C12H11FN2O2S/c1-7-10(4-5-17-7)18-11-3-2-8(13)6-9(11)12(14)15-16/h2-6,16H,1H3,(H2,14,15). The number of oxime groups is 1. The number of halogens is 1. The minimum atomic E-state index is -0.440. The lowest BCUT2D eigenvalue weighted by atomic mass is 10.2. The fourth-order valence-corrected chi connectivity index (χ4v) is 2.40. The van der Waals surface area contributed by atoms with Crippen molar-refractivity contribution in [2.24, 2.45) is 10.9 Å². The summed E-state index contributed by atoms with van der Waals surface area (Å²) in [6.45, 7) is 1.83. The van der Waals surface area contributed by atoms with Crippen molar-refractivity contribution in [2.45, 2.75) is 16.7 Å². The van der Waals surface area contributed by atoms with Crippen LogP contribution in [-0.4, -0.2) is 11.0 Å². The van der Waals surface area contributed by atoms with E-state index in [1.165, 1.54) is 23.9 Å². The fourth-order valence-electron chi connectivity index (χ4n) is 1.44. The van der Waals surface area contributed by atoms with Gasteiger partial charge in [0, 0.05) is 10.5 Å². The molecule has 94 valence electrons. The Morgan fingerprint density at radius 1 is 1.39 bits per heavy atom. The lowest BCUT2D eigenvalue weighted by Gasteiger charge is -2.07. The summed E-state index contributed by atoms with van der Waals surface area (Å²) in [4.78, 5) is 1.59. The zero-order valence-electron chi connectivity index (χ0n) is 9.55. The van der Waals surface area contributed by atoms with Crippen molar-refractivity contribution in [3.05, 3.63) is 47.7 Å². The van der Waals surface area contributed by atoms with Gasteiger partial charge in [0.15, 0.2) is 5.84 Å². The third kappa shape index (κ3) is 2.48. The van der Waals surface area contributed by atoms with Gasteiger partial charge in [-0.2, -0.15) is 0 Å². The monoisotopic (exact) mass is 266 g/mol. The van der Waals surface area contributed by atoms with Gasteiger partial charge in [0.05, 0.1) is 11.2 Å². The Hall–Kier alpha value is -1.95. The Morgan fingerprint density at radius 3 is 2.78 bits per heavy atom. The predicted octanol–water partition coefficient (Wildman–Crippen LogP) is 2.97. The van der Waals surface area contributed by atoms with E-state index in [1.54, 1.807) is 18.4 Å². The molecule has 0 amide bonds. The molecule has 0 radical (unpaired) electrons. The molecular formula is C12H11FN2O2S. The van der Waals surface area contributed by atoms with E-state index in [0.717, 1.165) is 10.7 Å². The first-order chi connectivity index (χ1) is 8.61. The molecule has 0 spiro atoms. The van der Waals surface area contributed by atoms with E-state index in [0.29, 0.717) is 10.5 Å². The summed E-state index contributed by atoms with van der Waals surface area (Å²) in [5.74, 6) is 0.192. The second kappa shape index (κ2) is 5.14. The molecule has 1 aromatic carbocycles. The van der Waals surface area contributed by atoms with E-state index >= 15 is 0 Å². The minimum Gasteiger partial charge on any atom is -0.468 e. The maximum atomic E-state index is 13.2. The molecular weight excluding hydrogens is 255 g/mol. The molecule has 6 heteroatoms. The van der Waals surface area contributed by atoms with Gasteiger partial charge >= 0.3 is 0 Å². The lowest BCUT2D eigenvalue weighted by Crippen LogP contribution is -2.14. The average molecular weight is 266 g/mol. The van der Waals surface area contributed by atoms with Gasteiger partial charge in [0.25, 0.3) is 0 Å². The molecule has 18 heavy (non-hydrogen) atoms. The SMILES string of the molecule is Cc1occc1Sc1ccc(F)cc1/C(N)=N/O. The molecule has 0 unspecified atom stereocenters. The van der Waals surface area contributed by atoms with Crippen LogP contribution in [0.3, 0.4) is 0 Å². The Labute approximate surface area is 107 Å². The Morgan fingerprint density at radius 2 is 2.17 bits per heavy atom. The smallest absolute Gasteiger partial charge is 0.171 e. The molecule has 1 heterocycles. The van der Waals surface area contributed by atoms with Crippen LogP contribution in [0.5, 0.6) is 0 Å². The molecule has 2 rings (SSSR count). The van der Waals surface area contributed by atoms with E-state index in [1.807, 2.05) is 6.92 Å². The van der Waals surface area contributed by atoms with Crippen molar-refractivity contribution >= 4 is 17.6 Å². The molecule has 1 aromatic heterocycles. The largest absolute Gasteiger partial charge is 0.468 e. The van der Waals surface area contributed by atoms with Gasteiger partial charge in [-0.05, 0) is 31.2 Å². The summed E-state index contributed by atoms with van der Waals surface area (Å²) in [5.41, 5.74) is 5.88. The zero-order chi connectivity index (χ0) is 13.1. The molecule has 0 saturated heterocycles. The minimum absolute atomic E-state index is 0.127. The van der Waals surface area contributed by atoms with Crippen molar-refractivity contribution < 1.29 is 14.0 Å². The van der Waals surface area contributed by atoms with Crippen LogP contribution in [0.2, 0.25) is 0 Å². The molecule has 0 aliphatic heterocycles. The third-order valence-electron chi connectivity index (χ3n) is 2.36. The predicted molar refractivity (Wildman–Crippen MR) is 66.5 cm³/mol. The van der Waals surface area contributed by atoms with Gasteiger partial charge < -0.3 is 15.4 Å². The molecule has 4 nitrogen and oxygen atoms in total. The second-order valence-electron chi connectivity index (χ2n) is 3.57. The van der Waals surface area contributed by atoms with E-state index < -0.39 is 5.82 Å². The molecule has 0 fully saturated rings. The van der Waals surface area contributed by atoms with Gasteiger partial charge in [0.1, 0.15) is 11.6 Å². The molecule has 0 bridgehead atoms. The molecule has 2 aromatic rings. The van der Waals surface area contributed by atoms with E-state index in [2.05, 4.69) is 5.16 Å². The van der Waals surface area contributed by atoms with Gasteiger partial charge in [-0.1, -0.05) is 16.9 Å².